The normalized spacial score (nSPS) is 12.7. The van der Waals surface area contributed by atoms with Crippen LogP contribution in [0.25, 0.3) is 0 Å². The molecule has 0 aliphatic rings. The van der Waals surface area contributed by atoms with Crippen molar-refractivity contribution in [1.82, 2.24) is 15.3 Å². The summed E-state index contributed by atoms with van der Waals surface area (Å²) in [5, 5.41) is 3.42. The number of hydrogen-bond acceptors (Lipinski definition) is 4. The molecule has 1 aromatic heterocycles. The molecule has 4 heteroatoms. The molecule has 84 valence electrons. The van der Waals surface area contributed by atoms with E-state index >= 15 is 0 Å². The summed E-state index contributed by atoms with van der Waals surface area (Å²) in [6.07, 6.45) is 7.39. The molecule has 1 aromatic rings. The average molecular weight is 209 g/mol. The smallest absolute Gasteiger partial charge is 0.115 e. The monoisotopic (exact) mass is 209 g/mol. The molecule has 0 amide bonds. The highest BCUT2D eigenvalue weighted by atomic mass is 16.5. The van der Waals surface area contributed by atoms with E-state index in [1.807, 2.05) is 12.4 Å². The molecule has 4 nitrogen and oxygen atoms in total. The van der Waals surface area contributed by atoms with Gasteiger partial charge in [0.05, 0.1) is 0 Å². The van der Waals surface area contributed by atoms with Crippen molar-refractivity contribution in [3.8, 4) is 0 Å². The second-order valence-electron chi connectivity index (χ2n) is 3.42. The molecular weight excluding hydrogens is 190 g/mol. The minimum atomic E-state index is 0.339. The van der Waals surface area contributed by atoms with Gasteiger partial charge < -0.3 is 10.1 Å². The van der Waals surface area contributed by atoms with Crippen molar-refractivity contribution >= 4 is 0 Å². The van der Waals surface area contributed by atoms with Crippen molar-refractivity contribution < 1.29 is 4.74 Å². The van der Waals surface area contributed by atoms with Gasteiger partial charge in [-0.15, -0.1) is 0 Å². The van der Waals surface area contributed by atoms with Gasteiger partial charge in [0.25, 0.3) is 0 Å². The van der Waals surface area contributed by atoms with E-state index in [2.05, 4.69) is 22.2 Å². The molecule has 0 saturated heterocycles. The molecule has 0 radical (unpaired) electrons. The Morgan fingerprint density at radius 2 is 2.13 bits per heavy atom. The lowest BCUT2D eigenvalue weighted by Gasteiger charge is -2.17. The first-order valence-electron chi connectivity index (χ1n) is 5.35. The van der Waals surface area contributed by atoms with Crippen LogP contribution in [0.1, 0.15) is 31.4 Å². The fraction of sp³-hybridized carbons (Fsp3) is 0.636. The number of rotatable bonds is 7. The summed E-state index contributed by atoms with van der Waals surface area (Å²) in [4.78, 5) is 8.07. The van der Waals surface area contributed by atoms with Gasteiger partial charge in [0.15, 0.2) is 0 Å². The molecule has 0 saturated carbocycles. The van der Waals surface area contributed by atoms with Crippen LogP contribution in [0.15, 0.2) is 18.7 Å². The Morgan fingerprint density at radius 3 is 2.73 bits per heavy atom. The molecule has 1 N–H and O–H groups in total. The zero-order valence-electron chi connectivity index (χ0n) is 9.44. The van der Waals surface area contributed by atoms with E-state index in [0.29, 0.717) is 6.04 Å². The van der Waals surface area contributed by atoms with Crippen LogP contribution in [0.2, 0.25) is 0 Å². The van der Waals surface area contributed by atoms with Crippen molar-refractivity contribution in [3.63, 3.8) is 0 Å². The number of hydrogen-bond donors (Lipinski definition) is 1. The molecule has 0 aliphatic carbocycles. The molecule has 0 aromatic carbocycles. The van der Waals surface area contributed by atoms with E-state index in [1.54, 1.807) is 13.4 Å². The van der Waals surface area contributed by atoms with E-state index < -0.39 is 0 Å². The van der Waals surface area contributed by atoms with Crippen molar-refractivity contribution in [2.45, 2.75) is 25.8 Å². The first-order chi connectivity index (χ1) is 7.38. The zero-order valence-corrected chi connectivity index (χ0v) is 9.44. The first kappa shape index (κ1) is 12.1. The fourth-order valence-corrected chi connectivity index (χ4v) is 1.56. The maximum atomic E-state index is 5.05. The van der Waals surface area contributed by atoms with E-state index in [1.165, 1.54) is 0 Å². The fourth-order valence-electron chi connectivity index (χ4n) is 1.56. The van der Waals surface area contributed by atoms with Gasteiger partial charge in [0.2, 0.25) is 0 Å². The topological polar surface area (TPSA) is 47.0 Å². The van der Waals surface area contributed by atoms with E-state index in [4.69, 9.17) is 4.74 Å². The molecule has 1 unspecified atom stereocenters. The van der Waals surface area contributed by atoms with Crippen LogP contribution in [0, 0.1) is 0 Å². The lowest BCUT2D eigenvalue weighted by Crippen LogP contribution is -2.21. The summed E-state index contributed by atoms with van der Waals surface area (Å²) in [5.74, 6) is 0. The maximum Gasteiger partial charge on any atom is 0.115 e. The molecule has 0 fully saturated rings. The number of nitrogens with zero attached hydrogens (tertiary/aromatic N) is 2. The highest BCUT2D eigenvalue weighted by Gasteiger charge is 2.09. The quantitative estimate of drug-likeness (QED) is 0.692. The molecule has 1 atom stereocenters. The molecule has 0 aliphatic heterocycles. The number of methoxy groups -OCH3 is 1. The van der Waals surface area contributed by atoms with Crippen LogP contribution in [0.3, 0.4) is 0 Å². The third-order valence-electron chi connectivity index (χ3n) is 2.27. The van der Waals surface area contributed by atoms with Crippen molar-refractivity contribution in [1.29, 1.82) is 0 Å². The van der Waals surface area contributed by atoms with E-state index in [0.717, 1.165) is 31.6 Å². The first-order valence-corrected chi connectivity index (χ1v) is 5.35. The third kappa shape index (κ3) is 4.36. The second kappa shape index (κ2) is 7.31. The van der Waals surface area contributed by atoms with Crippen LogP contribution in [0.4, 0.5) is 0 Å². The van der Waals surface area contributed by atoms with E-state index in [9.17, 15) is 0 Å². The molecule has 1 heterocycles. The van der Waals surface area contributed by atoms with E-state index in [-0.39, 0.29) is 0 Å². The van der Waals surface area contributed by atoms with Crippen molar-refractivity contribution in [2.24, 2.45) is 0 Å². The van der Waals surface area contributed by atoms with Crippen molar-refractivity contribution in [3.05, 3.63) is 24.3 Å². The molecule has 15 heavy (non-hydrogen) atoms. The van der Waals surface area contributed by atoms with Gasteiger partial charge in [-0.05, 0) is 19.4 Å². The maximum absolute atomic E-state index is 5.05. The predicted molar refractivity (Wildman–Crippen MR) is 59.6 cm³/mol. The van der Waals surface area contributed by atoms with Gasteiger partial charge in [-0.1, -0.05) is 6.92 Å². The lowest BCUT2D eigenvalue weighted by atomic mass is 10.1. The Morgan fingerprint density at radius 1 is 1.40 bits per heavy atom. The zero-order chi connectivity index (χ0) is 10.9. The van der Waals surface area contributed by atoms with Crippen LogP contribution in [-0.4, -0.2) is 30.2 Å². The number of aromatic nitrogens is 2. The standard InChI is InChI=1S/C11H19N3O/c1-3-14-11(5-4-6-15-2)10-7-12-9-13-8-10/h7-9,11,14H,3-6H2,1-2H3. The molecule has 1 rings (SSSR count). The van der Waals surface area contributed by atoms with Gasteiger partial charge in [-0.2, -0.15) is 0 Å². The van der Waals surface area contributed by atoms with Crippen molar-refractivity contribution in [2.75, 3.05) is 20.3 Å². The number of ether oxygens (including phenoxy) is 1. The highest BCUT2D eigenvalue weighted by molar-refractivity contribution is 5.08. The summed E-state index contributed by atoms with van der Waals surface area (Å²) >= 11 is 0. The summed E-state index contributed by atoms with van der Waals surface area (Å²) in [6.45, 7) is 3.86. The molecule has 0 bridgehead atoms. The summed E-state index contributed by atoms with van der Waals surface area (Å²) < 4.78 is 5.05. The summed E-state index contributed by atoms with van der Waals surface area (Å²) in [5.41, 5.74) is 1.15. The Kier molecular flexibility index (Phi) is 5.88. The Hall–Kier alpha value is -1.00. The van der Waals surface area contributed by atoms with Gasteiger partial charge in [-0.25, -0.2) is 9.97 Å². The minimum Gasteiger partial charge on any atom is -0.385 e. The minimum absolute atomic E-state index is 0.339. The average Bonchev–Trinajstić information content (AvgIpc) is 2.29. The van der Waals surface area contributed by atoms with Crippen LogP contribution >= 0.6 is 0 Å². The van der Waals surface area contributed by atoms with Gasteiger partial charge in [-0.3, -0.25) is 0 Å². The Labute approximate surface area is 91.1 Å². The van der Waals surface area contributed by atoms with Crippen LogP contribution < -0.4 is 5.32 Å². The Bertz CT molecular complexity index is 253. The summed E-state index contributed by atoms with van der Waals surface area (Å²) in [7, 11) is 1.73. The molecule has 0 spiro atoms. The Balaban J connectivity index is 2.50. The SMILES string of the molecule is CCNC(CCCOC)c1cncnc1. The van der Waals surface area contributed by atoms with Gasteiger partial charge in [0.1, 0.15) is 6.33 Å². The summed E-state index contributed by atoms with van der Waals surface area (Å²) in [6, 6.07) is 0.339. The number of nitrogens with one attached hydrogen (secondary N) is 1. The third-order valence-corrected chi connectivity index (χ3v) is 2.27. The van der Waals surface area contributed by atoms with Gasteiger partial charge >= 0.3 is 0 Å². The van der Waals surface area contributed by atoms with Gasteiger partial charge in [0, 0.05) is 37.7 Å². The lowest BCUT2D eigenvalue weighted by molar-refractivity contribution is 0.189. The predicted octanol–water partition coefficient (Wildman–Crippen LogP) is 1.55. The second-order valence-corrected chi connectivity index (χ2v) is 3.42. The molecular formula is C11H19N3O. The van der Waals surface area contributed by atoms with Crippen LogP contribution in [0.5, 0.6) is 0 Å². The highest BCUT2D eigenvalue weighted by Crippen LogP contribution is 2.16. The van der Waals surface area contributed by atoms with Crippen LogP contribution in [-0.2, 0) is 4.74 Å². The largest absolute Gasteiger partial charge is 0.385 e.